The number of thiophene rings is 1. The van der Waals surface area contributed by atoms with Gasteiger partial charge in [-0.1, -0.05) is 30.3 Å². The van der Waals surface area contributed by atoms with E-state index in [-0.39, 0.29) is 53.5 Å². The number of ketones is 1. The number of non-ortho nitro benzene ring substituents is 1. The van der Waals surface area contributed by atoms with Gasteiger partial charge in [-0.15, -0.1) is 11.3 Å². The van der Waals surface area contributed by atoms with Gasteiger partial charge in [0.15, 0.2) is 5.78 Å². The van der Waals surface area contributed by atoms with E-state index in [0.29, 0.717) is 11.3 Å². The van der Waals surface area contributed by atoms with Crippen molar-refractivity contribution in [1.29, 1.82) is 0 Å². The first kappa shape index (κ1) is 30.6. The van der Waals surface area contributed by atoms with E-state index in [9.17, 15) is 24.5 Å². The van der Waals surface area contributed by atoms with Crippen molar-refractivity contribution in [3.63, 3.8) is 0 Å². The smallest absolute Gasteiger partial charge is 0.338 e. The van der Waals surface area contributed by atoms with E-state index in [1.54, 1.807) is 32.9 Å². The molecule has 0 saturated heterocycles. The first-order valence-electron chi connectivity index (χ1n) is 14.0. The van der Waals surface area contributed by atoms with Gasteiger partial charge in [-0.25, -0.2) is 9.18 Å². The Hall–Kier alpha value is -4.84. The number of aryl methyl sites for hydroxylation is 1. The van der Waals surface area contributed by atoms with Crippen LogP contribution in [-0.2, 0) is 23.9 Å². The Morgan fingerprint density at radius 3 is 2.48 bits per heavy atom. The number of ether oxygens (including phenoxy) is 2. The summed E-state index contributed by atoms with van der Waals surface area (Å²) in [7, 11) is 0. The van der Waals surface area contributed by atoms with Gasteiger partial charge < -0.3 is 15.2 Å². The molecule has 0 bridgehead atoms. The van der Waals surface area contributed by atoms with Crippen molar-refractivity contribution >= 4 is 40.4 Å². The van der Waals surface area contributed by atoms with Crippen molar-refractivity contribution in [3.8, 4) is 0 Å². The van der Waals surface area contributed by atoms with Crippen LogP contribution >= 0.6 is 11.3 Å². The zero-order valence-electron chi connectivity index (χ0n) is 24.2. The Kier molecular flexibility index (Phi) is 8.63. The molecule has 12 heteroatoms. The van der Waals surface area contributed by atoms with E-state index in [1.807, 2.05) is 11.4 Å². The number of halogens is 1. The van der Waals surface area contributed by atoms with Crippen molar-refractivity contribution in [2.75, 3.05) is 18.1 Å². The average molecular weight is 620 g/mol. The molecule has 1 aliphatic carbocycles. The van der Waals surface area contributed by atoms with Crippen LogP contribution in [0.3, 0.4) is 0 Å². The van der Waals surface area contributed by atoms with Gasteiger partial charge in [-0.3, -0.25) is 24.6 Å². The number of hydrogen-bond acceptors (Lipinski definition) is 10. The molecule has 0 amide bonds. The van der Waals surface area contributed by atoms with E-state index >= 15 is 4.39 Å². The molecule has 3 aromatic rings. The molecule has 2 N–H and O–H groups in total. The number of nitro benzene ring substituents is 1. The van der Waals surface area contributed by atoms with Crippen LogP contribution < -0.4 is 10.6 Å². The van der Waals surface area contributed by atoms with Crippen molar-refractivity contribution < 1.29 is 33.2 Å². The number of benzene rings is 2. The van der Waals surface area contributed by atoms with Crippen LogP contribution in [0, 0.1) is 28.8 Å². The number of Topliss-reactive ketones (excluding diaryl/α,β-unsaturated/α-hetero) is 1. The SMILES string of the molecule is CCOC(=O)C1=C(N)N(c2cc([N+](=O)[O-])ccc2C)C2=C(C(=O)[C@H](C(=O)OCC)[C@H](c3cccs3)C2)[C@H]1c1ccccc1F. The Bertz CT molecular complexity index is 1720. The molecule has 2 heterocycles. The first-order chi connectivity index (χ1) is 21.1. The molecule has 1 aromatic heterocycles. The van der Waals surface area contributed by atoms with E-state index in [1.165, 1.54) is 52.6 Å². The van der Waals surface area contributed by atoms with E-state index in [0.717, 1.165) is 4.88 Å². The number of nitro groups is 1. The van der Waals surface area contributed by atoms with Gasteiger partial charge in [-0.2, -0.15) is 0 Å². The quantitative estimate of drug-likeness (QED) is 0.147. The number of rotatable bonds is 8. The summed E-state index contributed by atoms with van der Waals surface area (Å²) < 4.78 is 26.3. The molecule has 0 spiro atoms. The second-order valence-electron chi connectivity index (χ2n) is 10.3. The summed E-state index contributed by atoms with van der Waals surface area (Å²) >= 11 is 1.36. The largest absolute Gasteiger partial charge is 0.465 e. The highest BCUT2D eigenvalue weighted by molar-refractivity contribution is 7.10. The second-order valence-corrected chi connectivity index (χ2v) is 11.3. The molecule has 0 fully saturated rings. The summed E-state index contributed by atoms with van der Waals surface area (Å²) in [5.41, 5.74) is 7.43. The Morgan fingerprint density at radius 2 is 1.84 bits per heavy atom. The number of nitrogens with two attached hydrogens (primary N) is 1. The van der Waals surface area contributed by atoms with Gasteiger partial charge in [0.1, 0.15) is 17.6 Å². The summed E-state index contributed by atoms with van der Waals surface area (Å²) in [6.45, 7) is 4.93. The molecule has 0 radical (unpaired) electrons. The van der Waals surface area contributed by atoms with E-state index < -0.39 is 46.2 Å². The van der Waals surface area contributed by atoms with Crippen molar-refractivity contribution in [1.82, 2.24) is 0 Å². The fourth-order valence-corrected chi connectivity index (χ4v) is 6.82. The van der Waals surface area contributed by atoms with Crippen LogP contribution in [0.5, 0.6) is 0 Å². The second kappa shape index (κ2) is 12.4. The van der Waals surface area contributed by atoms with Gasteiger partial charge in [0.2, 0.25) is 0 Å². The van der Waals surface area contributed by atoms with Gasteiger partial charge in [0.05, 0.1) is 35.3 Å². The molecule has 0 saturated carbocycles. The number of hydrogen-bond donors (Lipinski definition) is 1. The third kappa shape index (κ3) is 5.25. The summed E-state index contributed by atoms with van der Waals surface area (Å²) in [5, 5.41) is 13.6. The summed E-state index contributed by atoms with van der Waals surface area (Å²) in [6, 6.07) is 13.5. The van der Waals surface area contributed by atoms with Crippen LogP contribution in [0.2, 0.25) is 0 Å². The predicted molar refractivity (Wildman–Crippen MR) is 161 cm³/mol. The topological polar surface area (TPSA) is 142 Å². The van der Waals surface area contributed by atoms with Crippen molar-refractivity contribution in [2.24, 2.45) is 11.7 Å². The summed E-state index contributed by atoms with van der Waals surface area (Å²) in [5.74, 6) is -6.44. The highest BCUT2D eigenvalue weighted by Crippen LogP contribution is 2.53. The molecular formula is C32H30FN3O7S. The Balaban J connectivity index is 1.87. The van der Waals surface area contributed by atoms with Crippen LogP contribution in [0.1, 0.15) is 48.1 Å². The van der Waals surface area contributed by atoms with Crippen molar-refractivity contribution in [2.45, 2.75) is 39.0 Å². The number of nitrogens with zero attached hydrogens (tertiary/aromatic N) is 2. The standard InChI is InChI=1S/C32H30FN3O7S/c1-4-42-31(38)26-20(24-11-8-14-44-24)16-23-27(29(26)37)25(19-9-6-7-10-21(19)33)28(32(39)43-5-2)30(34)35(23)22-15-18(36(40)41)13-12-17(22)3/h6-15,20,25-26H,4-5,16,34H2,1-3H3/t20-,25+,26+/m0/s1. The molecule has 0 unspecified atom stereocenters. The molecule has 1 aliphatic heterocycles. The molecule has 44 heavy (non-hydrogen) atoms. The fraction of sp³-hybridized carbons (Fsp3) is 0.281. The Morgan fingerprint density at radius 1 is 1.11 bits per heavy atom. The number of allylic oxidation sites excluding steroid dienone is 2. The molecular weight excluding hydrogens is 589 g/mol. The van der Waals surface area contributed by atoms with Crippen LogP contribution in [0.25, 0.3) is 0 Å². The first-order valence-corrected chi connectivity index (χ1v) is 14.9. The van der Waals surface area contributed by atoms with E-state index in [4.69, 9.17) is 15.2 Å². The predicted octanol–water partition coefficient (Wildman–Crippen LogP) is 5.63. The lowest BCUT2D eigenvalue weighted by Gasteiger charge is -2.44. The van der Waals surface area contributed by atoms with Gasteiger partial charge in [0, 0.05) is 39.8 Å². The molecule has 2 aromatic carbocycles. The average Bonchev–Trinajstić information content (AvgIpc) is 3.52. The van der Waals surface area contributed by atoms with Crippen LogP contribution in [0.4, 0.5) is 15.8 Å². The zero-order valence-corrected chi connectivity index (χ0v) is 25.1. The third-order valence-electron chi connectivity index (χ3n) is 7.84. The third-order valence-corrected chi connectivity index (χ3v) is 8.85. The minimum Gasteiger partial charge on any atom is -0.465 e. The lowest BCUT2D eigenvalue weighted by atomic mass is 9.68. The highest BCUT2D eigenvalue weighted by Gasteiger charge is 2.52. The maximum atomic E-state index is 15.6. The monoisotopic (exact) mass is 619 g/mol. The molecule has 2 aliphatic rings. The molecule has 10 nitrogen and oxygen atoms in total. The maximum absolute atomic E-state index is 15.6. The van der Waals surface area contributed by atoms with Crippen LogP contribution in [0.15, 0.2) is 82.6 Å². The van der Waals surface area contributed by atoms with Gasteiger partial charge in [-0.05, 0) is 50.3 Å². The van der Waals surface area contributed by atoms with Crippen LogP contribution in [-0.4, -0.2) is 35.9 Å². The Labute approximate surface area is 256 Å². The zero-order chi connectivity index (χ0) is 31.7. The normalized spacial score (nSPS) is 20.0. The molecule has 5 rings (SSSR count). The lowest BCUT2D eigenvalue weighted by molar-refractivity contribution is -0.384. The van der Waals surface area contributed by atoms with Crippen molar-refractivity contribution in [3.05, 3.63) is 115 Å². The molecule has 228 valence electrons. The lowest BCUT2D eigenvalue weighted by Crippen LogP contribution is -2.46. The van der Waals surface area contributed by atoms with E-state index in [2.05, 4.69) is 0 Å². The highest BCUT2D eigenvalue weighted by atomic mass is 32.1. The summed E-state index contributed by atoms with van der Waals surface area (Å²) in [4.78, 5) is 55.2. The van der Waals surface area contributed by atoms with Gasteiger partial charge in [0.25, 0.3) is 5.69 Å². The van der Waals surface area contributed by atoms with Gasteiger partial charge >= 0.3 is 11.9 Å². The number of carbonyl (C=O) groups is 3. The fourth-order valence-electron chi connectivity index (χ4n) is 5.96. The number of anilines is 1. The number of esters is 2. The molecule has 3 atom stereocenters. The number of carbonyl (C=O) groups excluding carboxylic acids is 3. The maximum Gasteiger partial charge on any atom is 0.338 e. The minimum atomic E-state index is -1.32. The summed E-state index contributed by atoms with van der Waals surface area (Å²) in [6.07, 6.45) is 0.0644. The minimum absolute atomic E-state index is 0.00745.